The first-order chi connectivity index (χ1) is 12.8. The molecule has 1 aliphatic carbocycles. The van der Waals surface area contributed by atoms with Crippen molar-refractivity contribution in [1.29, 1.82) is 0 Å². The van der Waals surface area contributed by atoms with Gasteiger partial charge in [0.05, 0.1) is 13.2 Å². The van der Waals surface area contributed by atoms with Crippen LogP contribution in [0.3, 0.4) is 0 Å². The van der Waals surface area contributed by atoms with E-state index in [1.165, 1.54) is 7.11 Å². The number of anilines is 1. The van der Waals surface area contributed by atoms with Crippen LogP contribution < -0.4 is 10.1 Å². The molecule has 1 saturated carbocycles. The van der Waals surface area contributed by atoms with E-state index in [0.29, 0.717) is 36.8 Å². The predicted molar refractivity (Wildman–Crippen MR) is 104 cm³/mol. The molecule has 0 heterocycles. The van der Waals surface area contributed by atoms with Crippen LogP contribution in [0.15, 0.2) is 18.2 Å². The minimum absolute atomic E-state index is 0.0844. The monoisotopic (exact) mass is 377 g/mol. The van der Waals surface area contributed by atoms with Gasteiger partial charge in [-0.3, -0.25) is 4.79 Å². The average molecular weight is 377 g/mol. The maximum Gasteiger partial charge on any atom is 0.341 e. The summed E-state index contributed by atoms with van der Waals surface area (Å²) in [7, 11) is 1.32. The lowest BCUT2D eigenvalue weighted by Gasteiger charge is -2.38. The van der Waals surface area contributed by atoms with Gasteiger partial charge in [0.25, 0.3) is 5.91 Å². The standard InChI is InChI=1S/C21H31NO5/c1-6-26-21(11-7-8-15(4)13-21)20(24)22-16-9-10-18(27-14(2)3)17(12-16)19(23)25-5/h9-10,12,14-15H,6-8,11,13H2,1-5H3,(H,22,24)/t15-,21-/m1/s1. The highest BCUT2D eigenvalue weighted by Gasteiger charge is 2.42. The van der Waals surface area contributed by atoms with E-state index in [9.17, 15) is 9.59 Å². The molecule has 0 bridgehead atoms. The number of nitrogens with one attached hydrogen (secondary N) is 1. The Balaban J connectivity index is 2.26. The molecule has 0 aliphatic heterocycles. The van der Waals surface area contributed by atoms with Crippen molar-refractivity contribution in [2.75, 3.05) is 19.0 Å². The van der Waals surface area contributed by atoms with Crippen molar-refractivity contribution in [2.45, 2.75) is 65.1 Å². The summed E-state index contributed by atoms with van der Waals surface area (Å²) in [6.45, 7) is 8.30. The first-order valence-electron chi connectivity index (χ1n) is 9.65. The van der Waals surface area contributed by atoms with Crippen LogP contribution in [0.2, 0.25) is 0 Å². The lowest BCUT2D eigenvalue weighted by Crippen LogP contribution is -2.48. The Morgan fingerprint density at radius 3 is 2.67 bits per heavy atom. The molecule has 150 valence electrons. The Labute approximate surface area is 161 Å². The third-order valence-corrected chi connectivity index (χ3v) is 4.80. The summed E-state index contributed by atoms with van der Waals surface area (Å²) in [5, 5.41) is 2.93. The Morgan fingerprint density at radius 2 is 2.07 bits per heavy atom. The zero-order valence-electron chi connectivity index (χ0n) is 17.0. The smallest absolute Gasteiger partial charge is 0.341 e. The number of hydrogen-bond donors (Lipinski definition) is 1. The first kappa shape index (κ1) is 21.2. The van der Waals surface area contributed by atoms with Crippen LogP contribution in [-0.4, -0.2) is 37.3 Å². The molecule has 0 unspecified atom stereocenters. The van der Waals surface area contributed by atoms with Crippen LogP contribution in [0.5, 0.6) is 5.75 Å². The highest BCUT2D eigenvalue weighted by molar-refractivity contribution is 5.99. The summed E-state index contributed by atoms with van der Waals surface area (Å²) in [6, 6.07) is 5.00. The highest BCUT2D eigenvalue weighted by Crippen LogP contribution is 2.36. The number of esters is 1. The summed E-state index contributed by atoms with van der Waals surface area (Å²) in [6.07, 6.45) is 3.39. The molecule has 0 aromatic heterocycles. The van der Waals surface area contributed by atoms with E-state index in [1.807, 2.05) is 20.8 Å². The lowest BCUT2D eigenvalue weighted by atomic mass is 9.78. The summed E-state index contributed by atoms with van der Waals surface area (Å²) in [5.41, 5.74) is -0.00872. The maximum atomic E-state index is 13.1. The minimum Gasteiger partial charge on any atom is -0.490 e. The number of hydrogen-bond acceptors (Lipinski definition) is 5. The van der Waals surface area contributed by atoms with Gasteiger partial charge in [0.1, 0.15) is 16.9 Å². The minimum atomic E-state index is -0.815. The van der Waals surface area contributed by atoms with E-state index in [1.54, 1.807) is 18.2 Å². The van der Waals surface area contributed by atoms with Crippen LogP contribution in [0, 0.1) is 5.92 Å². The normalized spacial score (nSPS) is 22.4. The van der Waals surface area contributed by atoms with E-state index in [2.05, 4.69) is 12.2 Å². The largest absolute Gasteiger partial charge is 0.490 e. The zero-order valence-corrected chi connectivity index (χ0v) is 17.0. The van der Waals surface area contributed by atoms with Crippen molar-refractivity contribution >= 4 is 17.6 Å². The van der Waals surface area contributed by atoms with Gasteiger partial charge in [0.2, 0.25) is 0 Å². The van der Waals surface area contributed by atoms with Crippen molar-refractivity contribution in [3.63, 3.8) is 0 Å². The maximum absolute atomic E-state index is 13.1. The molecule has 1 amide bonds. The topological polar surface area (TPSA) is 73.9 Å². The number of methoxy groups -OCH3 is 1. The second-order valence-electron chi connectivity index (χ2n) is 7.45. The highest BCUT2D eigenvalue weighted by atomic mass is 16.5. The molecule has 1 N–H and O–H groups in total. The lowest BCUT2D eigenvalue weighted by molar-refractivity contribution is -0.147. The molecule has 0 spiro atoms. The number of carbonyl (C=O) groups excluding carboxylic acids is 2. The molecule has 0 saturated heterocycles. The number of carbonyl (C=O) groups is 2. The van der Waals surface area contributed by atoms with Gasteiger partial charge in [-0.25, -0.2) is 4.79 Å². The molecule has 1 aromatic carbocycles. The van der Waals surface area contributed by atoms with Crippen LogP contribution in [0.1, 0.15) is 63.7 Å². The third kappa shape index (κ3) is 5.22. The van der Waals surface area contributed by atoms with E-state index >= 15 is 0 Å². The molecule has 2 atom stereocenters. The van der Waals surface area contributed by atoms with Crippen LogP contribution in [0.4, 0.5) is 5.69 Å². The molecule has 1 fully saturated rings. The van der Waals surface area contributed by atoms with Gasteiger partial charge in [-0.05, 0) is 64.2 Å². The van der Waals surface area contributed by atoms with Crippen molar-refractivity contribution in [3.05, 3.63) is 23.8 Å². The molecule has 1 aliphatic rings. The van der Waals surface area contributed by atoms with Crippen molar-refractivity contribution in [2.24, 2.45) is 5.92 Å². The van der Waals surface area contributed by atoms with E-state index in [0.717, 1.165) is 12.8 Å². The average Bonchev–Trinajstić information content (AvgIpc) is 2.62. The SMILES string of the molecule is CCO[C@]1(C(=O)Nc2ccc(OC(C)C)c(C(=O)OC)c2)CCC[C@@H](C)C1. The molecule has 27 heavy (non-hydrogen) atoms. The molecular weight excluding hydrogens is 346 g/mol. The van der Waals surface area contributed by atoms with Gasteiger partial charge in [0.15, 0.2) is 0 Å². The van der Waals surface area contributed by atoms with Gasteiger partial charge in [-0.1, -0.05) is 13.3 Å². The van der Waals surface area contributed by atoms with Crippen molar-refractivity contribution in [3.8, 4) is 5.75 Å². The first-order valence-corrected chi connectivity index (χ1v) is 9.65. The summed E-state index contributed by atoms with van der Waals surface area (Å²) >= 11 is 0. The van der Waals surface area contributed by atoms with Crippen LogP contribution in [0.25, 0.3) is 0 Å². The number of ether oxygens (including phenoxy) is 3. The zero-order chi connectivity index (χ0) is 20.0. The second kappa shape index (κ2) is 9.22. The number of rotatable bonds is 7. The van der Waals surface area contributed by atoms with Gasteiger partial charge < -0.3 is 19.5 Å². The van der Waals surface area contributed by atoms with Crippen LogP contribution >= 0.6 is 0 Å². The Bertz CT molecular complexity index is 669. The van der Waals surface area contributed by atoms with E-state index in [4.69, 9.17) is 14.2 Å². The predicted octanol–water partition coefficient (Wildman–Crippen LogP) is 4.18. The van der Waals surface area contributed by atoms with Gasteiger partial charge in [0, 0.05) is 12.3 Å². The Kier molecular flexibility index (Phi) is 7.25. The molecule has 1 aromatic rings. The summed E-state index contributed by atoms with van der Waals surface area (Å²) in [4.78, 5) is 25.2. The van der Waals surface area contributed by atoms with Gasteiger partial charge >= 0.3 is 5.97 Å². The van der Waals surface area contributed by atoms with Gasteiger partial charge in [-0.2, -0.15) is 0 Å². The Hall–Kier alpha value is -2.08. The van der Waals surface area contributed by atoms with E-state index in [-0.39, 0.29) is 17.6 Å². The molecular formula is C21H31NO5. The molecule has 6 nitrogen and oxygen atoms in total. The molecule has 6 heteroatoms. The van der Waals surface area contributed by atoms with Gasteiger partial charge in [-0.15, -0.1) is 0 Å². The van der Waals surface area contributed by atoms with Crippen LogP contribution in [-0.2, 0) is 14.3 Å². The fourth-order valence-electron chi connectivity index (χ4n) is 3.66. The Morgan fingerprint density at radius 1 is 1.33 bits per heavy atom. The van der Waals surface area contributed by atoms with Crippen molar-refractivity contribution in [1.82, 2.24) is 0 Å². The summed E-state index contributed by atoms with van der Waals surface area (Å²) < 4.78 is 16.5. The van der Waals surface area contributed by atoms with E-state index < -0.39 is 11.6 Å². The fraction of sp³-hybridized carbons (Fsp3) is 0.619. The molecule has 0 radical (unpaired) electrons. The summed E-state index contributed by atoms with van der Waals surface area (Å²) in [5.74, 6) is 0.195. The second-order valence-corrected chi connectivity index (χ2v) is 7.45. The molecule has 2 rings (SSSR count). The quantitative estimate of drug-likeness (QED) is 0.722. The fourth-order valence-corrected chi connectivity index (χ4v) is 3.66. The number of benzene rings is 1. The van der Waals surface area contributed by atoms with Crippen molar-refractivity contribution < 1.29 is 23.8 Å². The third-order valence-electron chi connectivity index (χ3n) is 4.80. The number of amides is 1.